The first kappa shape index (κ1) is 13.5. The van der Waals surface area contributed by atoms with Crippen LogP contribution in [0.1, 0.15) is 12.5 Å². The van der Waals surface area contributed by atoms with Crippen LogP contribution in [0.25, 0.3) is 11.0 Å². The molecule has 0 saturated heterocycles. The van der Waals surface area contributed by atoms with Crippen LogP contribution in [0.15, 0.2) is 34.9 Å². The Kier molecular flexibility index (Phi) is 4.32. The second kappa shape index (κ2) is 5.78. The van der Waals surface area contributed by atoms with Gasteiger partial charge in [-0.25, -0.2) is 0 Å². The molecule has 2 aromatic rings. The molecule has 1 aromatic carbocycles. The minimum absolute atomic E-state index is 0.577. The average molecular weight is 265 g/mol. The summed E-state index contributed by atoms with van der Waals surface area (Å²) in [6.45, 7) is 3.14. The van der Waals surface area contributed by atoms with Crippen LogP contribution in [0.5, 0.6) is 0 Å². The lowest BCUT2D eigenvalue weighted by Crippen LogP contribution is -2.39. The highest BCUT2D eigenvalue weighted by atomic mass is 32.2. The van der Waals surface area contributed by atoms with Gasteiger partial charge in [-0.3, -0.25) is 0 Å². The molecule has 2 rings (SSSR count). The van der Waals surface area contributed by atoms with Gasteiger partial charge in [0.2, 0.25) is 0 Å². The zero-order valence-electron chi connectivity index (χ0n) is 10.8. The molecule has 0 saturated carbocycles. The topological polar surface area (TPSA) is 45.4 Å². The molecule has 1 heterocycles. The Morgan fingerprint density at radius 1 is 1.39 bits per heavy atom. The molecule has 0 fully saturated rings. The quantitative estimate of drug-likeness (QED) is 0.843. The van der Waals surface area contributed by atoms with E-state index in [1.807, 2.05) is 31.4 Å². The van der Waals surface area contributed by atoms with Gasteiger partial charge in [-0.2, -0.15) is 11.8 Å². The van der Waals surface area contributed by atoms with Crippen molar-refractivity contribution in [1.82, 2.24) is 5.32 Å². The SMILES string of the molecule is CSCC(C)(O)CNCc1coc2ccccc12. The van der Waals surface area contributed by atoms with E-state index in [0.29, 0.717) is 13.1 Å². The molecule has 0 spiro atoms. The summed E-state index contributed by atoms with van der Waals surface area (Å²) >= 11 is 1.65. The molecule has 0 aliphatic carbocycles. The molecule has 0 aliphatic heterocycles. The van der Waals surface area contributed by atoms with Crippen molar-refractivity contribution in [1.29, 1.82) is 0 Å². The number of thioether (sulfide) groups is 1. The van der Waals surface area contributed by atoms with E-state index in [4.69, 9.17) is 4.42 Å². The molecule has 0 radical (unpaired) electrons. The zero-order valence-corrected chi connectivity index (χ0v) is 11.6. The lowest BCUT2D eigenvalue weighted by atomic mass is 10.1. The summed E-state index contributed by atoms with van der Waals surface area (Å²) in [5.74, 6) is 0.728. The number of fused-ring (bicyclic) bond motifs is 1. The lowest BCUT2D eigenvalue weighted by Gasteiger charge is -2.22. The molecule has 0 bridgehead atoms. The van der Waals surface area contributed by atoms with Gasteiger partial charge in [-0.05, 0) is 19.2 Å². The fourth-order valence-corrected chi connectivity index (χ4v) is 2.72. The van der Waals surface area contributed by atoms with Crippen LogP contribution in [0.2, 0.25) is 0 Å². The smallest absolute Gasteiger partial charge is 0.134 e. The molecular formula is C14H19NO2S. The van der Waals surface area contributed by atoms with E-state index >= 15 is 0 Å². The Bertz CT molecular complexity index is 507. The molecular weight excluding hydrogens is 246 g/mol. The number of furan rings is 1. The van der Waals surface area contributed by atoms with Crippen molar-refractivity contribution in [2.75, 3.05) is 18.6 Å². The zero-order chi connectivity index (χ0) is 13.0. The monoisotopic (exact) mass is 265 g/mol. The maximum absolute atomic E-state index is 10.0. The molecule has 98 valence electrons. The largest absolute Gasteiger partial charge is 0.464 e. The van der Waals surface area contributed by atoms with Crippen LogP contribution < -0.4 is 5.32 Å². The van der Waals surface area contributed by atoms with Crippen LogP contribution in [-0.2, 0) is 6.54 Å². The summed E-state index contributed by atoms with van der Waals surface area (Å²) in [5, 5.41) is 14.5. The van der Waals surface area contributed by atoms with Crippen LogP contribution in [0.4, 0.5) is 0 Å². The van der Waals surface area contributed by atoms with E-state index in [0.717, 1.165) is 22.3 Å². The number of aliphatic hydroxyl groups is 1. The van der Waals surface area contributed by atoms with Crippen LogP contribution >= 0.6 is 11.8 Å². The predicted molar refractivity (Wildman–Crippen MR) is 76.9 cm³/mol. The van der Waals surface area contributed by atoms with Gasteiger partial charge in [0.25, 0.3) is 0 Å². The second-order valence-corrected chi connectivity index (χ2v) is 5.66. The minimum atomic E-state index is -0.668. The first-order valence-electron chi connectivity index (χ1n) is 5.99. The number of para-hydroxylation sites is 1. The number of hydrogen-bond donors (Lipinski definition) is 2. The van der Waals surface area contributed by atoms with Crippen molar-refractivity contribution in [3.05, 3.63) is 36.1 Å². The second-order valence-electron chi connectivity index (χ2n) is 4.79. The highest BCUT2D eigenvalue weighted by Gasteiger charge is 2.18. The van der Waals surface area contributed by atoms with Gasteiger partial charge in [-0.1, -0.05) is 18.2 Å². The Balaban J connectivity index is 1.94. The molecule has 4 heteroatoms. The van der Waals surface area contributed by atoms with Crippen molar-refractivity contribution in [2.24, 2.45) is 0 Å². The van der Waals surface area contributed by atoms with Crippen molar-refractivity contribution < 1.29 is 9.52 Å². The Morgan fingerprint density at radius 2 is 2.17 bits per heavy atom. The van der Waals surface area contributed by atoms with Crippen LogP contribution in [-0.4, -0.2) is 29.3 Å². The van der Waals surface area contributed by atoms with Crippen molar-refractivity contribution in [3.8, 4) is 0 Å². The van der Waals surface area contributed by atoms with E-state index < -0.39 is 5.60 Å². The molecule has 3 nitrogen and oxygen atoms in total. The van der Waals surface area contributed by atoms with Gasteiger partial charge in [0.15, 0.2) is 0 Å². The summed E-state index contributed by atoms with van der Waals surface area (Å²) in [6.07, 6.45) is 3.78. The summed E-state index contributed by atoms with van der Waals surface area (Å²) in [6, 6.07) is 7.98. The fraction of sp³-hybridized carbons (Fsp3) is 0.429. The molecule has 18 heavy (non-hydrogen) atoms. The number of hydrogen-bond acceptors (Lipinski definition) is 4. The number of rotatable bonds is 6. The molecule has 2 N–H and O–H groups in total. The number of benzene rings is 1. The predicted octanol–water partition coefficient (Wildman–Crippen LogP) is 2.64. The third-order valence-corrected chi connectivity index (χ3v) is 3.75. The maximum Gasteiger partial charge on any atom is 0.134 e. The maximum atomic E-state index is 10.0. The van der Waals surface area contributed by atoms with Crippen molar-refractivity contribution in [3.63, 3.8) is 0 Å². The molecule has 1 atom stereocenters. The minimum Gasteiger partial charge on any atom is -0.464 e. The number of nitrogens with one attached hydrogen (secondary N) is 1. The third kappa shape index (κ3) is 3.28. The van der Waals surface area contributed by atoms with Gasteiger partial charge in [0.1, 0.15) is 5.58 Å². The van der Waals surface area contributed by atoms with Gasteiger partial charge in [0.05, 0.1) is 11.9 Å². The van der Waals surface area contributed by atoms with Crippen molar-refractivity contribution in [2.45, 2.75) is 19.1 Å². The Morgan fingerprint density at radius 3 is 2.94 bits per heavy atom. The average Bonchev–Trinajstić information content (AvgIpc) is 2.73. The highest BCUT2D eigenvalue weighted by Crippen LogP contribution is 2.20. The Labute approximate surface area is 112 Å². The van der Waals surface area contributed by atoms with Crippen LogP contribution in [0.3, 0.4) is 0 Å². The molecule has 0 amide bonds. The summed E-state index contributed by atoms with van der Waals surface area (Å²) < 4.78 is 5.47. The van der Waals surface area contributed by atoms with Gasteiger partial charge in [0, 0.05) is 29.8 Å². The summed E-state index contributed by atoms with van der Waals surface area (Å²) in [7, 11) is 0. The van der Waals surface area contributed by atoms with E-state index in [-0.39, 0.29) is 0 Å². The first-order valence-corrected chi connectivity index (χ1v) is 7.39. The van der Waals surface area contributed by atoms with Crippen molar-refractivity contribution >= 4 is 22.7 Å². The summed E-state index contributed by atoms with van der Waals surface area (Å²) in [4.78, 5) is 0. The van der Waals surface area contributed by atoms with E-state index in [9.17, 15) is 5.11 Å². The van der Waals surface area contributed by atoms with Gasteiger partial charge >= 0.3 is 0 Å². The standard InChI is InChI=1S/C14H19NO2S/c1-14(16,10-18-2)9-15-7-11-8-17-13-6-4-3-5-12(11)13/h3-6,8,15-16H,7,9-10H2,1-2H3. The highest BCUT2D eigenvalue weighted by molar-refractivity contribution is 7.98. The van der Waals surface area contributed by atoms with E-state index in [1.165, 1.54) is 0 Å². The Hall–Kier alpha value is -0.970. The third-order valence-electron chi connectivity index (χ3n) is 2.84. The van der Waals surface area contributed by atoms with E-state index in [2.05, 4.69) is 11.4 Å². The summed E-state index contributed by atoms with van der Waals surface area (Å²) in [5.41, 5.74) is 1.37. The van der Waals surface area contributed by atoms with Gasteiger partial charge in [-0.15, -0.1) is 0 Å². The molecule has 1 aromatic heterocycles. The van der Waals surface area contributed by atoms with E-state index in [1.54, 1.807) is 18.0 Å². The normalized spacial score (nSPS) is 14.8. The fourth-order valence-electron chi connectivity index (χ4n) is 2.00. The van der Waals surface area contributed by atoms with Crippen LogP contribution in [0, 0.1) is 0 Å². The molecule has 1 unspecified atom stereocenters. The molecule has 0 aliphatic rings. The first-order chi connectivity index (χ1) is 8.62. The lowest BCUT2D eigenvalue weighted by molar-refractivity contribution is 0.0846. The van der Waals surface area contributed by atoms with Gasteiger partial charge < -0.3 is 14.8 Å².